The second kappa shape index (κ2) is 6.95. The molecule has 1 amide bonds. The number of aromatic nitrogens is 2. The summed E-state index contributed by atoms with van der Waals surface area (Å²) in [6.07, 6.45) is 4.36. The summed E-state index contributed by atoms with van der Waals surface area (Å²) in [6, 6.07) is 7.59. The number of aryl methyl sites for hydroxylation is 1. The van der Waals surface area contributed by atoms with Crippen LogP contribution < -0.4 is 5.32 Å². The Kier molecular flexibility index (Phi) is 5.25. The van der Waals surface area contributed by atoms with Crippen molar-refractivity contribution in [3.63, 3.8) is 0 Å². The summed E-state index contributed by atoms with van der Waals surface area (Å²) in [6.45, 7) is 2.00. The highest BCUT2D eigenvalue weighted by atomic mass is 79.9. The van der Waals surface area contributed by atoms with Gasteiger partial charge in [-0.1, -0.05) is 30.8 Å². The maximum Gasteiger partial charge on any atom is 0.237 e. The fraction of sp³-hybridized carbons (Fsp3) is 0.286. The van der Waals surface area contributed by atoms with E-state index in [2.05, 4.69) is 26.2 Å². The molecule has 2 rings (SSSR count). The minimum absolute atomic E-state index is 0.00704. The number of anilines is 1. The summed E-state index contributed by atoms with van der Waals surface area (Å²) in [5, 5.41) is 3.63. The van der Waals surface area contributed by atoms with Gasteiger partial charge in [0.1, 0.15) is 0 Å². The lowest BCUT2D eigenvalue weighted by Crippen LogP contribution is -2.25. The summed E-state index contributed by atoms with van der Waals surface area (Å²) < 4.78 is 2.80. The van der Waals surface area contributed by atoms with E-state index >= 15 is 0 Å². The highest BCUT2D eigenvalue weighted by Crippen LogP contribution is 2.26. The number of carbonyl (C=O) groups excluding carboxylic acids is 1. The molecule has 106 valence electrons. The summed E-state index contributed by atoms with van der Waals surface area (Å²) in [5.74, 6) is -0.00704. The van der Waals surface area contributed by atoms with Crippen LogP contribution in [0.5, 0.6) is 0 Å². The third-order valence-electron chi connectivity index (χ3n) is 2.82. The predicted octanol–water partition coefficient (Wildman–Crippen LogP) is 3.69. The monoisotopic (exact) mass is 353 g/mol. The van der Waals surface area contributed by atoms with Crippen molar-refractivity contribution in [3.05, 3.63) is 41.1 Å². The van der Waals surface area contributed by atoms with Gasteiger partial charge in [0.25, 0.3) is 0 Å². The van der Waals surface area contributed by atoms with Crippen LogP contribution in [0.25, 0.3) is 0 Å². The minimum atomic E-state index is -0.164. The van der Waals surface area contributed by atoms with Crippen LogP contribution in [0.2, 0.25) is 0 Å². The van der Waals surface area contributed by atoms with E-state index in [-0.39, 0.29) is 11.2 Å². The van der Waals surface area contributed by atoms with Crippen molar-refractivity contribution in [1.29, 1.82) is 0 Å². The number of carbonyl (C=O) groups is 1. The molecule has 0 bridgehead atoms. The van der Waals surface area contributed by atoms with E-state index in [0.717, 1.165) is 21.7 Å². The van der Waals surface area contributed by atoms with Crippen molar-refractivity contribution in [1.82, 2.24) is 9.55 Å². The first-order valence-corrected chi connectivity index (χ1v) is 7.98. The molecule has 0 aliphatic rings. The number of benzene rings is 1. The lowest BCUT2D eigenvalue weighted by molar-refractivity contribution is -0.115. The van der Waals surface area contributed by atoms with Gasteiger partial charge in [-0.25, -0.2) is 4.98 Å². The largest absolute Gasteiger partial charge is 0.329 e. The molecule has 0 fully saturated rings. The number of thioether (sulfide) groups is 1. The molecular weight excluding hydrogens is 338 g/mol. The van der Waals surface area contributed by atoms with Gasteiger partial charge in [-0.2, -0.15) is 0 Å². The Hall–Kier alpha value is -1.27. The molecule has 1 N–H and O–H groups in total. The number of nitrogens with one attached hydrogen (secondary N) is 1. The van der Waals surface area contributed by atoms with Crippen LogP contribution in [-0.4, -0.2) is 20.7 Å². The van der Waals surface area contributed by atoms with Crippen LogP contribution in [0.15, 0.2) is 46.3 Å². The van der Waals surface area contributed by atoms with Crippen molar-refractivity contribution in [2.45, 2.75) is 23.8 Å². The van der Waals surface area contributed by atoms with E-state index in [1.165, 1.54) is 11.8 Å². The zero-order chi connectivity index (χ0) is 14.5. The Morgan fingerprint density at radius 3 is 2.85 bits per heavy atom. The molecular formula is C14H16BrN3OS. The third-order valence-corrected chi connectivity index (χ3v) is 4.95. The van der Waals surface area contributed by atoms with Crippen LogP contribution in [-0.2, 0) is 11.8 Å². The number of para-hydroxylation sites is 1. The molecule has 1 unspecified atom stereocenters. The Balaban J connectivity index is 2.06. The lowest BCUT2D eigenvalue weighted by atomic mass is 10.3. The van der Waals surface area contributed by atoms with Gasteiger partial charge < -0.3 is 9.88 Å². The third kappa shape index (κ3) is 3.64. The number of hydrogen-bond donors (Lipinski definition) is 1. The van der Waals surface area contributed by atoms with Gasteiger partial charge in [-0.3, -0.25) is 4.79 Å². The van der Waals surface area contributed by atoms with E-state index in [0.29, 0.717) is 0 Å². The maximum absolute atomic E-state index is 12.3. The van der Waals surface area contributed by atoms with Gasteiger partial charge in [0.15, 0.2) is 5.16 Å². The van der Waals surface area contributed by atoms with Crippen LogP contribution >= 0.6 is 27.7 Å². The number of nitrogens with zero attached hydrogens (tertiary/aromatic N) is 2. The highest BCUT2D eigenvalue weighted by Gasteiger charge is 2.20. The Labute approximate surface area is 131 Å². The maximum atomic E-state index is 12.3. The zero-order valence-corrected chi connectivity index (χ0v) is 13.7. The molecule has 6 heteroatoms. The topological polar surface area (TPSA) is 46.9 Å². The zero-order valence-electron chi connectivity index (χ0n) is 11.3. The molecule has 1 aromatic carbocycles. The van der Waals surface area contributed by atoms with Gasteiger partial charge in [-0.05, 0) is 34.5 Å². The molecule has 0 saturated carbocycles. The summed E-state index contributed by atoms with van der Waals surface area (Å²) in [7, 11) is 1.92. The Morgan fingerprint density at radius 2 is 2.25 bits per heavy atom. The SMILES string of the molecule is CCC(Sc1nccn1C)C(=O)Nc1ccccc1Br. The Bertz CT molecular complexity index is 600. The first-order valence-electron chi connectivity index (χ1n) is 6.31. The first-order chi connectivity index (χ1) is 9.61. The summed E-state index contributed by atoms with van der Waals surface area (Å²) >= 11 is 4.91. The van der Waals surface area contributed by atoms with Crippen LogP contribution in [0.1, 0.15) is 13.3 Å². The molecule has 0 aliphatic heterocycles. The Morgan fingerprint density at radius 1 is 1.50 bits per heavy atom. The van der Waals surface area contributed by atoms with E-state index in [1.54, 1.807) is 6.20 Å². The fourth-order valence-electron chi connectivity index (χ4n) is 1.69. The van der Waals surface area contributed by atoms with Crippen LogP contribution in [0.3, 0.4) is 0 Å². The van der Waals surface area contributed by atoms with Gasteiger partial charge in [0.2, 0.25) is 5.91 Å². The number of hydrogen-bond acceptors (Lipinski definition) is 3. The molecule has 20 heavy (non-hydrogen) atoms. The summed E-state index contributed by atoms with van der Waals surface area (Å²) in [5.41, 5.74) is 0.788. The predicted molar refractivity (Wildman–Crippen MR) is 85.9 cm³/mol. The molecule has 0 spiro atoms. The molecule has 0 radical (unpaired) electrons. The van der Waals surface area contributed by atoms with Crippen molar-refractivity contribution < 1.29 is 4.79 Å². The van der Waals surface area contributed by atoms with E-state index in [1.807, 2.05) is 49.0 Å². The van der Waals surface area contributed by atoms with Gasteiger partial charge >= 0.3 is 0 Å². The van der Waals surface area contributed by atoms with Gasteiger partial charge in [0.05, 0.1) is 10.9 Å². The second-order valence-electron chi connectivity index (χ2n) is 4.30. The first kappa shape index (κ1) is 15.1. The fourth-order valence-corrected chi connectivity index (χ4v) is 3.01. The quantitative estimate of drug-likeness (QED) is 0.833. The molecule has 4 nitrogen and oxygen atoms in total. The standard InChI is InChI=1S/C14H16BrN3OS/c1-3-12(20-14-16-8-9-18(14)2)13(19)17-11-7-5-4-6-10(11)15/h4-9,12H,3H2,1-2H3,(H,17,19). The van der Waals surface area contributed by atoms with Gasteiger partial charge in [-0.15, -0.1) is 0 Å². The second-order valence-corrected chi connectivity index (χ2v) is 6.33. The number of halogens is 1. The van der Waals surface area contributed by atoms with Crippen molar-refractivity contribution >= 4 is 39.3 Å². The number of amides is 1. The van der Waals surface area contributed by atoms with Crippen molar-refractivity contribution in [2.24, 2.45) is 7.05 Å². The molecule has 1 heterocycles. The molecule has 2 aromatic rings. The smallest absolute Gasteiger partial charge is 0.237 e. The summed E-state index contributed by atoms with van der Waals surface area (Å²) in [4.78, 5) is 16.6. The molecule has 1 atom stereocenters. The van der Waals surface area contributed by atoms with Crippen LogP contribution in [0.4, 0.5) is 5.69 Å². The van der Waals surface area contributed by atoms with Crippen molar-refractivity contribution in [3.8, 4) is 0 Å². The average Bonchev–Trinajstić information content (AvgIpc) is 2.84. The van der Waals surface area contributed by atoms with E-state index in [9.17, 15) is 4.79 Å². The van der Waals surface area contributed by atoms with E-state index in [4.69, 9.17) is 0 Å². The highest BCUT2D eigenvalue weighted by molar-refractivity contribution is 9.10. The lowest BCUT2D eigenvalue weighted by Gasteiger charge is -2.15. The molecule has 0 saturated heterocycles. The molecule has 0 aliphatic carbocycles. The van der Waals surface area contributed by atoms with E-state index < -0.39 is 0 Å². The van der Waals surface area contributed by atoms with Gasteiger partial charge in [0, 0.05) is 23.9 Å². The molecule has 1 aromatic heterocycles. The normalized spacial score (nSPS) is 12.2. The van der Waals surface area contributed by atoms with Crippen molar-refractivity contribution in [2.75, 3.05) is 5.32 Å². The average molecular weight is 354 g/mol. The minimum Gasteiger partial charge on any atom is -0.329 e. The number of rotatable bonds is 5. The number of imidazole rings is 1. The van der Waals surface area contributed by atoms with Crippen LogP contribution in [0, 0.1) is 0 Å².